The van der Waals surface area contributed by atoms with E-state index in [1.54, 1.807) is 49.8 Å². The lowest BCUT2D eigenvalue weighted by Gasteiger charge is -2.15. The van der Waals surface area contributed by atoms with Gasteiger partial charge in [0.1, 0.15) is 0 Å². The number of nitrogens with two attached hydrogens (primary N) is 10. The molecule has 0 aliphatic carbocycles. The van der Waals surface area contributed by atoms with E-state index >= 15 is 0 Å². The number of ether oxygens (including phenoxy) is 17. The standard InChI is InChI=1S/C8H17NO2.2C7H15NO2.4C6H13NO2.3C6H11NO/c1-10-8-2-3-11-6-7(4-8)5-9;1-9-7-4-6(8)2-3-10-5-7;1-9-7-3-2-6(8)4-10-5-7;4*1-8-6-2-5(3-7)9-4-6;3*7-5-3-4-1-2-6(5)8-4/h7-8H,2-6,9H2,1H3;2*6-7H,2-5,8H2,1H3;4*5-6H,2-4,7H2,1H3;3*4-6H,1-3,7H2/t7-,8-;6?,7-;;2*5-,6+;2*5-,6-;3*4?,5-,6?/m01.1010110/s1. The Kier molecular flexibility index (Phi) is 44.0. The van der Waals surface area contributed by atoms with Crippen molar-refractivity contribution in [3.05, 3.63) is 0 Å². The average molecular weight is 1310 g/mol. The van der Waals surface area contributed by atoms with Crippen LogP contribution in [-0.4, -0.2) is 283 Å². The molecule has 0 spiro atoms. The largest absolute Gasteiger partial charge is 0.381 e. The van der Waals surface area contributed by atoms with Crippen LogP contribution < -0.4 is 57.3 Å². The molecule has 13 aliphatic heterocycles. The first kappa shape index (κ1) is 82.3. The van der Waals surface area contributed by atoms with Crippen molar-refractivity contribution in [2.75, 3.05) is 149 Å². The van der Waals surface area contributed by atoms with E-state index in [9.17, 15) is 0 Å². The summed E-state index contributed by atoms with van der Waals surface area (Å²) in [5.74, 6) is 0.488. The molecule has 13 rings (SSSR count). The van der Waals surface area contributed by atoms with Gasteiger partial charge >= 0.3 is 0 Å². The number of hydrogen-bond donors (Lipinski definition) is 10. The monoisotopic (exact) mass is 1310 g/mol. The van der Waals surface area contributed by atoms with E-state index in [-0.39, 0.29) is 73.1 Å². The number of hydrogen-bond acceptors (Lipinski definition) is 27. The molecule has 13 saturated heterocycles. The summed E-state index contributed by atoms with van der Waals surface area (Å²) in [6.45, 7) is 10.5. The third-order valence-corrected chi connectivity index (χ3v) is 18.9. The zero-order valence-corrected chi connectivity index (χ0v) is 57.0. The molecule has 0 saturated carbocycles. The maximum Gasteiger partial charge on any atom is 0.0830 e. The van der Waals surface area contributed by atoms with Gasteiger partial charge in [-0.15, -0.1) is 0 Å². The Balaban J connectivity index is 0.000000216. The molecule has 91 heavy (non-hydrogen) atoms. The van der Waals surface area contributed by atoms with Crippen molar-refractivity contribution in [2.24, 2.45) is 63.3 Å². The molecule has 0 amide bonds. The van der Waals surface area contributed by atoms with Crippen molar-refractivity contribution in [2.45, 2.75) is 256 Å². The lowest BCUT2D eigenvalue weighted by atomic mass is 9.97. The summed E-state index contributed by atoms with van der Waals surface area (Å²) in [4.78, 5) is 0. The van der Waals surface area contributed by atoms with Gasteiger partial charge in [-0.1, -0.05) is 0 Å². The lowest BCUT2D eigenvalue weighted by Crippen LogP contribution is -2.30. The maximum atomic E-state index is 5.74. The highest BCUT2D eigenvalue weighted by Gasteiger charge is 2.40. The van der Waals surface area contributed by atoms with Gasteiger partial charge in [0, 0.05) is 145 Å². The van der Waals surface area contributed by atoms with Crippen molar-refractivity contribution in [1.29, 1.82) is 0 Å². The third-order valence-electron chi connectivity index (χ3n) is 18.9. The number of fused-ring (bicyclic) bond motifs is 6. The molecule has 23 atom stereocenters. The first-order valence-electron chi connectivity index (χ1n) is 34.2. The van der Waals surface area contributed by atoms with E-state index in [1.165, 1.54) is 38.5 Å². The Morgan fingerprint density at radius 2 is 0.637 bits per heavy atom. The van der Waals surface area contributed by atoms with Gasteiger partial charge in [0.2, 0.25) is 0 Å². The predicted octanol–water partition coefficient (Wildman–Crippen LogP) is 0.456. The molecule has 20 N–H and O–H groups in total. The summed E-state index contributed by atoms with van der Waals surface area (Å²) >= 11 is 0. The van der Waals surface area contributed by atoms with Crippen molar-refractivity contribution in [3.63, 3.8) is 0 Å². The summed E-state index contributed by atoms with van der Waals surface area (Å²) in [6, 6.07) is 1.53. The molecule has 13 aliphatic rings. The summed E-state index contributed by atoms with van der Waals surface area (Å²) in [5.41, 5.74) is 55.5. The fourth-order valence-corrected chi connectivity index (χ4v) is 12.7. The van der Waals surface area contributed by atoms with Gasteiger partial charge in [-0.2, -0.15) is 0 Å². The highest BCUT2D eigenvalue weighted by molar-refractivity contribution is 4.93. The van der Waals surface area contributed by atoms with E-state index in [4.69, 9.17) is 138 Å². The molecule has 0 aromatic carbocycles. The minimum Gasteiger partial charge on any atom is -0.381 e. The zero-order chi connectivity index (χ0) is 66.3. The maximum absolute atomic E-state index is 5.74. The summed E-state index contributed by atoms with van der Waals surface area (Å²) in [7, 11) is 12.0. The predicted molar refractivity (Wildman–Crippen MR) is 349 cm³/mol. The van der Waals surface area contributed by atoms with Crippen LogP contribution in [0.5, 0.6) is 0 Å². The van der Waals surface area contributed by atoms with Gasteiger partial charge in [-0.25, -0.2) is 0 Å². The van der Waals surface area contributed by atoms with Crippen LogP contribution in [-0.2, 0) is 80.5 Å². The smallest absolute Gasteiger partial charge is 0.0830 e. The lowest BCUT2D eigenvalue weighted by molar-refractivity contribution is 0.0191. The summed E-state index contributed by atoms with van der Waals surface area (Å²) < 4.78 is 89.1. The fourth-order valence-electron chi connectivity index (χ4n) is 12.7. The zero-order valence-electron chi connectivity index (χ0n) is 57.0. The minimum absolute atomic E-state index is 0.206. The van der Waals surface area contributed by atoms with Gasteiger partial charge in [0.25, 0.3) is 0 Å². The first-order chi connectivity index (χ1) is 44.1. The van der Waals surface area contributed by atoms with Crippen LogP contribution >= 0.6 is 0 Å². The topological polar surface area (TPSA) is 417 Å². The van der Waals surface area contributed by atoms with Crippen molar-refractivity contribution in [1.82, 2.24) is 0 Å². The molecular formula is C64H132N10O17. The number of rotatable bonds is 12. The van der Waals surface area contributed by atoms with E-state index in [2.05, 4.69) is 0 Å². The molecule has 13 fully saturated rings. The second-order valence-electron chi connectivity index (χ2n) is 26.0. The Labute approximate surface area is 546 Å². The van der Waals surface area contributed by atoms with Gasteiger partial charge in [-0.3, -0.25) is 0 Å². The van der Waals surface area contributed by atoms with Crippen LogP contribution in [0.4, 0.5) is 0 Å². The van der Waals surface area contributed by atoms with Gasteiger partial charge in [0.05, 0.1) is 157 Å². The van der Waals surface area contributed by atoms with Crippen molar-refractivity contribution in [3.8, 4) is 0 Å². The molecule has 0 radical (unpaired) electrons. The number of methoxy groups -OCH3 is 7. The molecule has 6 bridgehead atoms. The molecule has 0 aromatic heterocycles. The van der Waals surface area contributed by atoms with Gasteiger partial charge in [-0.05, 0) is 109 Å². The molecule has 27 heteroatoms. The Morgan fingerprint density at radius 3 is 0.923 bits per heavy atom. The molecule has 540 valence electrons. The second-order valence-corrected chi connectivity index (χ2v) is 26.0. The Bertz CT molecular complexity index is 1560. The van der Waals surface area contributed by atoms with Crippen LogP contribution in [0.1, 0.15) is 122 Å². The second kappa shape index (κ2) is 48.6. The SMILES string of the molecule is COC1CCC(N)COC1.CO[C@@H]1CO[C@@H](CN)C1.CO[C@@H]1CO[C@H](CN)C1.CO[C@H]1CCOC[C@H](CN)C1.CO[C@H]1COCCC(N)C1.CO[C@H]1CO[C@@H](CN)C1.CO[C@H]1CO[C@H](CN)C1.N[C@@H]1CC2CCC1O2.N[C@@H]1CC2CCC1O2.N[C@H]1CC2CCC1O2. The van der Waals surface area contributed by atoms with E-state index in [0.29, 0.717) is 146 Å². The van der Waals surface area contributed by atoms with Gasteiger partial charge < -0.3 is 138 Å². The van der Waals surface area contributed by atoms with Crippen LogP contribution in [0.2, 0.25) is 0 Å². The Morgan fingerprint density at radius 1 is 0.286 bits per heavy atom. The highest BCUT2D eigenvalue weighted by atomic mass is 16.6. The minimum atomic E-state index is 0.206. The van der Waals surface area contributed by atoms with Crippen LogP contribution in [0.25, 0.3) is 0 Å². The van der Waals surface area contributed by atoms with Gasteiger partial charge in [0.15, 0.2) is 0 Å². The third kappa shape index (κ3) is 32.9. The summed E-state index contributed by atoms with van der Waals surface area (Å²) in [5, 5.41) is 0. The van der Waals surface area contributed by atoms with E-state index < -0.39 is 0 Å². The van der Waals surface area contributed by atoms with E-state index in [1.807, 2.05) is 0 Å². The molecule has 13 heterocycles. The van der Waals surface area contributed by atoms with Crippen LogP contribution in [0, 0.1) is 5.92 Å². The Hall–Kier alpha value is -1.08. The molecule has 27 nitrogen and oxygen atoms in total. The quantitative estimate of drug-likeness (QED) is 0.127. The highest BCUT2D eigenvalue weighted by Crippen LogP contribution is 2.34. The molecule has 9 unspecified atom stereocenters. The first-order valence-corrected chi connectivity index (χ1v) is 34.2. The normalized spacial score (nSPS) is 39.7. The van der Waals surface area contributed by atoms with Crippen molar-refractivity contribution >= 4 is 0 Å². The van der Waals surface area contributed by atoms with Crippen LogP contribution in [0.3, 0.4) is 0 Å². The molecule has 0 aromatic rings. The average Bonchev–Trinajstić information content (AvgIpc) is 1.85. The van der Waals surface area contributed by atoms with Crippen molar-refractivity contribution < 1.29 is 80.5 Å². The van der Waals surface area contributed by atoms with Crippen LogP contribution in [0.15, 0.2) is 0 Å². The fraction of sp³-hybridized carbons (Fsp3) is 1.00. The molecular weight excluding hydrogens is 1180 g/mol. The van der Waals surface area contributed by atoms with E-state index in [0.717, 1.165) is 103 Å². The summed E-state index contributed by atoms with van der Waals surface area (Å²) in [6.07, 6.45) is 26.1.